The maximum absolute atomic E-state index is 14.8. The number of nitrogens with one attached hydrogen (secondary N) is 1. The van der Waals surface area contributed by atoms with Crippen molar-refractivity contribution in [1.29, 1.82) is 0 Å². The zero-order valence-electron chi connectivity index (χ0n) is 19.3. The van der Waals surface area contributed by atoms with Gasteiger partial charge in [-0.3, -0.25) is 9.78 Å². The fourth-order valence-electron chi connectivity index (χ4n) is 3.82. The van der Waals surface area contributed by atoms with Crippen LogP contribution in [0.4, 0.5) is 4.39 Å². The molecule has 1 N–H and O–H groups in total. The number of nitrogens with zero attached hydrogens (tertiary/aromatic N) is 4. The highest BCUT2D eigenvalue weighted by atomic mass is 35.5. The van der Waals surface area contributed by atoms with Crippen LogP contribution in [-0.4, -0.2) is 26.6 Å². The van der Waals surface area contributed by atoms with Gasteiger partial charge in [-0.05, 0) is 60.5 Å². The minimum atomic E-state index is -0.422. The van der Waals surface area contributed by atoms with E-state index in [0.717, 1.165) is 16.8 Å². The molecule has 0 bridgehead atoms. The minimum absolute atomic E-state index is 0.251. The highest BCUT2D eigenvalue weighted by molar-refractivity contribution is 6.29. The highest BCUT2D eigenvalue weighted by Gasteiger charge is 2.27. The normalized spacial score (nSPS) is 14.8. The molecule has 0 spiro atoms. The van der Waals surface area contributed by atoms with Crippen LogP contribution >= 0.6 is 11.6 Å². The van der Waals surface area contributed by atoms with Gasteiger partial charge in [0.1, 0.15) is 16.7 Å². The van der Waals surface area contributed by atoms with Crippen LogP contribution in [0.3, 0.4) is 0 Å². The van der Waals surface area contributed by atoms with Crippen LogP contribution in [-0.2, 0) is 11.4 Å². The minimum Gasteiger partial charge on any atom is -0.385 e. The molecule has 0 saturated carbocycles. The van der Waals surface area contributed by atoms with Gasteiger partial charge in [0, 0.05) is 36.5 Å². The number of hydrogen-bond acceptors (Lipinski definition) is 6. The molecule has 3 aromatic heterocycles. The van der Waals surface area contributed by atoms with Crippen LogP contribution < -0.4 is 5.32 Å². The van der Waals surface area contributed by atoms with Crippen molar-refractivity contribution in [2.24, 2.45) is 5.16 Å². The van der Waals surface area contributed by atoms with Gasteiger partial charge in [0.2, 0.25) is 0 Å². The van der Waals surface area contributed by atoms with E-state index in [1.54, 1.807) is 48.8 Å². The van der Waals surface area contributed by atoms with E-state index >= 15 is 0 Å². The third kappa shape index (κ3) is 5.23. The predicted octanol–water partition coefficient (Wildman–Crippen LogP) is 5.44. The Bertz CT molecular complexity index is 1440. The third-order valence-electron chi connectivity index (χ3n) is 5.71. The fourth-order valence-corrected chi connectivity index (χ4v) is 3.94. The van der Waals surface area contributed by atoms with Crippen molar-refractivity contribution in [1.82, 2.24) is 20.3 Å². The number of benzene rings is 1. The maximum atomic E-state index is 14.8. The molecule has 180 valence electrons. The van der Waals surface area contributed by atoms with E-state index in [2.05, 4.69) is 25.4 Å². The Morgan fingerprint density at radius 3 is 2.72 bits per heavy atom. The Kier molecular flexibility index (Phi) is 6.69. The molecule has 1 aliphatic heterocycles. The first-order chi connectivity index (χ1) is 17.5. The van der Waals surface area contributed by atoms with Crippen molar-refractivity contribution >= 4 is 23.2 Å². The zero-order chi connectivity index (χ0) is 25.1. The number of carbonyl (C=O) groups excluding carboxylic acids is 1. The van der Waals surface area contributed by atoms with E-state index in [1.165, 1.54) is 6.07 Å². The van der Waals surface area contributed by atoms with Crippen molar-refractivity contribution < 1.29 is 14.0 Å². The van der Waals surface area contributed by atoms with Crippen LogP contribution in [0.2, 0.25) is 5.15 Å². The summed E-state index contributed by atoms with van der Waals surface area (Å²) in [7, 11) is 0. The largest absolute Gasteiger partial charge is 0.385 e. The standard InChI is InChI=1S/C27H21ClFN5O2/c1-16-5-7-19(20(29)10-16)22-11-18(27(35)32-15-17-6-8-26(28)31-14-17)12-23(33-22)24-13-25(36-34-24)21-4-2-3-9-30-21/h2-12,14,25H,13,15H2,1H3,(H,32,35). The summed E-state index contributed by atoms with van der Waals surface area (Å²) in [6.07, 6.45) is 3.34. The lowest BCUT2D eigenvalue weighted by Gasteiger charge is -2.11. The van der Waals surface area contributed by atoms with Crippen molar-refractivity contribution in [3.05, 3.63) is 112 Å². The Hall–Kier alpha value is -4.17. The topological polar surface area (TPSA) is 89.4 Å². The zero-order valence-corrected chi connectivity index (χ0v) is 20.0. The second-order valence-corrected chi connectivity index (χ2v) is 8.76. The number of pyridine rings is 3. The Balaban J connectivity index is 1.46. The number of oxime groups is 1. The van der Waals surface area contributed by atoms with Gasteiger partial charge < -0.3 is 10.2 Å². The van der Waals surface area contributed by atoms with E-state index in [4.69, 9.17) is 16.4 Å². The molecule has 9 heteroatoms. The van der Waals surface area contributed by atoms with Crippen molar-refractivity contribution in [3.8, 4) is 11.3 Å². The number of amides is 1. The van der Waals surface area contributed by atoms with E-state index in [9.17, 15) is 9.18 Å². The number of aryl methyl sites for hydroxylation is 1. The average Bonchev–Trinajstić information content (AvgIpc) is 3.39. The molecule has 0 radical (unpaired) electrons. The van der Waals surface area contributed by atoms with Gasteiger partial charge in [0.25, 0.3) is 5.91 Å². The van der Waals surface area contributed by atoms with Gasteiger partial charge in [-0.25, -0.2) is 14.4 Å². The average molecular weight is 502 g/mol. The van der Waals surface area contributed by atoms with Gasteiger partial charge in [-0.2, -0.15) is 0 Å². The smallest absolute Gasteiger partial charge is 0.251 e. The molecule has 0 aliphatic carbocycles. The summed E-state index contributed by atoms with van der Waals surface area (Å²) in [4.78, 5) is 31.7. The third-order valence-corrected chi connectivity index (χ3v) is 5.94. The van der Waals surface area contributed by atoms with Crippen LogP contribution in [0.25, 0.3) is 11.3 Å². The van der Waals surface area contributed by atoms with E-state index < -0.39 is 5.82 Å². The van der Waals surface area contributed by atoms with Gasteiger partial charge in [-0.1, -0.05) is 35.0 Å². The number of rotatable bonds is 6. The van der Waals surface area contributed by atoms with E-state index in [0.29, 0.717) is 39.8 Å². The summed E-state index contributed by atoms with van der Waals surface area (Å²) in [5, 5.41) is 7.44. The van der Waals surface area contributed by atoms with Crippen molar-refractivity contribution in [2.75, 3.05) is 0 Å². The highest BCUT2D eigenvalue weighted by Crippen LogP contribution is 2.30. The molecule has 1 amide bonds. The van der Waals surface area contributed by atoms with Crippen LogP contribution in [0.1, 0.15) is 45.4 Å². The van der Waals surface area contributed by atoms with Crippen LogP contribution in [0, 0.1) is 12.7 Å². The number of hydrogen-bond donors (Lipinski definition) is 1. The molecular weight excluding hydrogens is 481 g/mol. The fraction of sp³-hybridized carbons (Fsp3) is 0.148. The molecule has 4 aromatic rings. The summed E-state index contributed by atoms with van der Waals surface area (Å²) < 4.78 is 14.8. The first-order valence-corrected chi connectivity index (χ1v) is 11.7. The molecule has 1 aromatic carbocycles. The summed E-state index contributed by atoms with van der Waals surface area (Å²) in [6, 6.07) is 17.1. The van der Waals surface area contributed by atoms with E-state index in [-0.39, 0.29) is 18.6 Å². The van der Waals surface area contributed by atoms with Crippen LogP contribution in [0.15, 0.2) is 78.2 Å². The monoisotopic (exact) mass is 501 g/mol. The van der Waals surface area contributed by atoms with Crippen molar-refractivity contribution in [3.63, 3.8) is 0 Å². The molecule has 7 nitrogen and oxygen atoms in total. The van der Waals surface area contributed by atoms with Crippen molar-refractivity contribution in [2.45, 2.75) is 26.0 Å². The Morgan fingerprint density at radius 2 is 1.97 bits per heavy atom. The second kappa shape index (κ2) is 10.2. The Morgan fingerprint density at radius 1 is 1.11 bits per heavy atom. The summed E-state index contributed by atoms with van der Waals surface area (Å²) in [5.74, 6) is -0.766. The first kappa shape index (κ1) is 23.6. The molecule has 5 rings (SSSR count). The maximum Gasteiger partial charge on any atom is 0.251 e. The first-order valence-electron chi connectivity index (χ1n) is 11.3. The lowest BCUT2D eigenvalue weighted by Crippen LogP contribution is -2.23. The summed E-state index contributed by atoms with van der Waals surface area (Å²) in [5.41, 5.74) is 4.24. The SMILES string of the molecule is Cc1ccc(-c2cc(C(=O)NCc3ccc(Cl)nc3)cc(C3=NOC(c4ccccn4)C3)n2)c(F)c1. The molecule has 4 heterocycles. The van der Waals surface area contributed by atoms with Gasteiger partial charge in [0.05, 0.1) is 17.1 Å². The molecule has 1 atom stereocenters. The van der Waals surface area contributed by atoms with E-state index in [1.807, 2.05) is 25.1 Å². The lowest BCUT2D eigenvalue weighted by molar-refractivity contribution is 0.0826. The van der Waals surface area contributed by atoms with Gasteiger partial charge >= 0.3 is 0 Å². The molecule has 1 unspecified atom stereocenters. The quantitative estimate of drug-likeness (QED) is 0.355. The number of aromatic nitrogens is 3. The number of halogens is 2. The number of carbonyl (C=O) groups is 1. The molecular formula is C27H21ClFN5O2. The summed E-state index contributed by atoms with van der Waals surface area (Å²) in [6.45, 7) is 2.06. The van der Waals surface area contributed by atoms with Crippen LogP contribution in [0.5, 0.6) is 0 Å². The molecule has 0 fully saturated rings. The predicted molar refractivity (Wildman–Crippen MR) is 134 cm³/mol. The Labute approximate surface area is 212 Å². The van der Waals surface area contributed by atoms with Gasteiger partial charge in [-0.15, -0.1) is 0 Å². The molecule has 36 heavy (non-hydrogen) atoms. The lowest BCUT2D eigenvalue weighted by atomic mass is 10.0. The second-order valence-electron chi connectivity index (χ2n) is 8.37. The molecule has 1 aliphatic rings. The summed E-state index contributed by atoms with van der Waals surface area (Å²) >= 11 is 5.84. The van der Waals surface area contributed by atoms with Gasteiger partial charge in [0.15, 0.2) is 6.10 Å². The molecule has 0 saturated heterocycles.